The number of nitrogens with one attached hydrogen (secondary N) is 1. The average Bonchev–Trinajstić information content (AvgIpc) is 2.86. The van der Waals surface area contributed by atoms with Crippen LogP contribution in [-0.2, 0) is 0 Å². The second-order valence-electron chi connectivity index (χ2n) is 3.23. The van der Waals surface area contributed by atoms with Gasteiger partial charge in [-0.25, -0.2) is 4.98 Å². The van der Waals surface area contributed by atoms with Crippen LogP contribution in [0.1, 0.15) is 12.8 Å². The van der Waals surface area contributed by atoms with Crippen LogP contribution in [0.4, 0.5) is 0 Å². The van der Waals surface area contributed by atoms with E-state index in [2.05, 4.69) is 16.4 Å². The predicted molar refractivity (Wildman–Crippen MR) is 58.4 cm³/mol. The number of hydrogen-bond acceptors (Lipinski definition) is 5. The molecular weight excluding hydrogens is 214 g/mol. The number of aromatic nitrogens is 1. The zero-order valence-corrected chi connectivity index (χ0v) is 9.27. The Morgan fingerprint density at radius 1 is 1.79 bits per heavy atom. The molecule has 0 amide bonds. The largest absolute Gasteiger partial charge is 0.298 e. The van der Waals surface area contributed by atoms with Crippen LogP contribution in [0.15, 0.2) is 15.9 Å². The molecule has 1 N–H and O–H groups in total. The first-order valence-corrected chi connectivity index (χ1v) is 6.43. The smallest absolute Gasteiger partial charge is 0.149 e. The van der Waals surface area contributed by atoms with Crippen LogP contribution in [0.25, 0.3) is 0 Å². The lowest BCUT2D eigenvalue weighted by atomic mass is 10.4. The SMILES string of the molecule is N#CC(CSc1nccs1)NC1CC1. The molecule has 5 heteroatoms. The van der Waals surface area contributed by atoms with E-state index in [9.17, 15) is 0 Å². The Balaban J connectivity index is 1.74. The van der Waals surface area contributed by atoms with E-state index in [1.54, 1.807) is 29.3 Å². The molecule has 0 aliphatic heterocycles. The van der Waals surface area contributed by atoms with Crippen molar-refractivity contribution in [3.63, 3.8) is 0 Å². The van der Waals surface area contributed by atoms with Gasteiger partial charge in [0.2, 0.25) is 0 Å². The molecule has 1 saturated carbocycles. The first kappa shape index (κ1) is 9.97. The molecule has 74 valence electrons. The molecular formula is C9H11N3S2. The maximum atomic E-state index is 8.89. The van der Waals surface area contributed by atoms with Crippen LogP contribution < -0.4 is 5.32 Å². The summed E-state index contributed by atoms with van der Waals surface area (Å²) in [6.45, 7) is 0. The summed E-state index contributed by atoms with van der Waals surface area (Å²) in [5.74, 6) is 0.792. The fraction of sp³-hybridized carbons (Fsp3) is 0.556. The summed E-state index contributed by atoms with van der Waals surface area (Å²) in [5, 5.41) is 14.1. The maximum Gasteiger partial charge on any atom is 0.149 e. The summed E-state index contributed by atoms with van der Waals surface area (Å²) < 4.78 is 1.04. The van der Waals surface area contributed by atoms with Gasteiger partial charge in [-0.15, -0.1) is 11.3 Å². The van der Waals surface area contributed by atoms with Gasteiger partial charge in [0.1, 0.15) is 10.4 Å². The number of hydrogen-bond donors (Lipinski definition) is 1. The molecule has 3 nitrogen and oxygen atoms in total. The number of thioether (sulfide) groups is 1. The van der Waals surface area contributed by atoms with Gasteiger partial charge in [-0.3, -0.25) is 5.32 Å². The Kier molecular flexibility index (Phi) is 3.40. The lowest BCUT2D eigenvalue weighted by Crippen LogP contribution is -2.31. The van der Waals surface area contributed by atoms with Gasteiger partial charge in [0.05, 0.1) is 6.07 Å². The van der Waals surface area contributed by atoms with Crippen molar-refractivity contribution in [1.82, 2.24) is 10.3 Å². The molecule has 1 unspecified atom stereocenters. The van der Waals surface area contributed by atoms with Crippen molar-refractivity contribution in [2.45, 2.75) is 29.3 Å². The minimum atomic E-state index is -0.0311. The lowest BCUT2D eigenvalue weighted by molar-refractivity contribution is 0.644. The van der Waals surface area contributed by atoms with Gasteiger partial charge in [0.25, 0.3) is 0 Å². The van der Waals surface area contributed by atoms with E-state index in [1.807, 2.05) is 5.38 Å². The third kappa shape index (κ3) is 2.98. The van der Waals surface area contributed by atoms with Crippen molar-refractivity contribution in [1.29, 1.82) is 5.26 Å². The highest BCUT2D eigenvalue weighted by Gasteiger charge is 2.24. The van der Waals surface area contributed by atoms with Crippen LogP contribution in [0, 0.1) is 11.3 Å². The Hall–Kier alpha value is -0.570. The maximum absolute atomic E-state index is 8.89. The third-order valence-electron chi connectivity index (χ3n) is 1.95. The highest BCUT2D eigenvalue weighted by atomic mass is 32.2. The molecule has 1 aliphatic rings. The molecule has 1 aromatic heterocycles. The summed E-state index contributed by atoms with van der Waals surface area (Å²) in [5.41, 5.74) is 0. The molecule has 2 rings (SSSR count). The Morgan fingerprint density at radius 3 is 3.21 bits per heavy atom. The minimum absolute atomic E-state index is 0.0311. The molecule has 0 bridgehead atoms. The molecule has 1 aromatic rings. The van der Waals surface area contributed by atoms with Gasteiger partial charge in [0.15, 0.2) is 0 Å². The molecule has 1 aliphatic carbocycles. The second kappa shape index (κ2) is 4.78. The van der Waals surface area contributed by atoms with Crippen molar-refractivity contribution in [2.24, 2.45) is 0 Å². The highest BCUT2D eigenvalue weighted by molar-refractivity contribution is 8.01. The Labute approximate surface area is 91.5 Å². The molecule has 14 heavy (non-hydrogen) atoms. The topological polar surface area (TPSA) is 48.7 Å². The van der Waals surface area contributed by atoms with Gasteiger partial charge < -0.3 is 0 Å². The predicted octanol–water partition coefficient (Wildman–Crippen LogP) is 1.88. The van der Waals surface area contributed by atoms with Gasteiger partial charge >= 0.3 is 0 Å². The number of nitriles is 1. The molecule has 1 heterocycles. The van der Waals surface area contributed by atoms with Crippen molar-refractivity contribution >= 4 is 23.1 Å². The van der Waals surface area contributed by atoms with Gasteiger partial charge in [-0.1, -0.05) is 11.8 Å². The second-order valence-corrected chi connectivity index (χ2v) is 5.39. The van der Waals surface area contributed by atoms with Crippen LogP contribution >= 0.6 is 23.1 Å². The molecule has 1 fully saturated rings. The van der Waals surface area contributed by atoms with Crippen LogP contribution in [0.3, 0.4) is 0 Å². The summed E-state index contributed by atoms with van der Waals surface area (Å²) in [6.07, 6.45) is 4.24. The Bertz CT molecular complexity index is 313. The highest BCUT2D eigenvalue weighted by Crippen LogP contribution is 2.23. The van der Waals surface area contributed by atoms with E-state index in [0.717, 1.165) is 10.1 Å². The number of rotatable bonds is 5. The normalized spacial score (nSPS) is 17.6. The zero-order valence-electron chi connectivity index (χ0n) is 7.64. The zero-order chi connectivity index (χ0) is 9.80. The quantitative estimate of drug-likeness (QED) is 0.777. The fourth-order valence-electron chi connectivity index (χ4n) is 1.09. The molecule has 1 atom stereocenters. The summed E-state index contributed by atoms with van der Waals surface area (Å²) in [4.78, 5) is 4.16. The van der Waals surface area contributed by atoms with E-state index >= 15 is 0 Å². The summed E-state index contributed by atoms with van der Waals surface area (Å²) >= 11 is 3.28. The van der Waals surface area contributed by atoms with Crippen molar-refractivity contribution in [3.05, 3.63) is 11.6 Å². The molecule has 0 radical (unpaired) electrons. The van der Waals surface area contributed by atoms with E-state index < -0.39 is 0 Å². The molecule has 0 aromatic carbocycles. The van der Waals surface area contributed by atoms with E-state index in [1.165, 1.54) is 12.8 Å². The molecule has 0 saturated heterocycles. The van der Waals surface area contributed by atoms with E-state index in [0.29, 0.717) is 6.04 Å². The van der Waals surface area contributed by atoms with Crippen molar-refractivity contribution in [3.8, 4) is 6.07 Å². The summed E-state index contributed by atoms with van der Waals surface area (Å²) in [6, 6.07) is 2.84. The monoisotopic (exact) mass is 225 g/mol. The number of nitrogens with zero attached hydrogens (tertiary/aromatic N) is 2. The van der Waals surface area contributed by atoms with Crippen LogP contribution in [-0.4, -0.2) is 22.8 Å². The summed E-state index contributed by atoms with van der Waals surface area (Å²) in [7, 11) is 0. The van der Waals surface area contributed by atoms with E-state index in [-0.39, 0.29) is 6.04 Å². The van der Waals surface area contributed by atoms with Crippen molar-refractivity contribution in [2.75, 3.05) is 5.75 Å². The van der Waals surface area contributed by atoms with Gasteiger partial charge in [0, 0.05) is 23.4 Å². The average molecular weight is 225 g/mol. The first-order valence-electron chi connectivity index (χ1n) is 4.56. The minimum Gasteiger partial charge on any atom is -0.298 e. The van der Waals surface area contributed by atoms with Gasteiger partial charge in [-0.2, -0.15) is 5.26 Å². The van der Waals surface area contributed by atoms with Crippen LogP contribution in [0.2, 0.25) is 0 Å². The lowest BCUT2D eigenvalue weighted by Gasteiger charge is -2.08. The standard InChI is InChI=1S/C9H11N3S2/c10-5-8(12-7-1-2-7)6-14-9-11-3-4-13-9/h3-4,7-8,12H,1-2,6H2. The first-order chi connectivity index (χ1) is 6.88. The fourth-order valence-corrected chi connectivity index (χ4v) is 2.71. The molecule has 0 spiro atoms. The van der Waals surface area contributed by atoms with Gasteiger partial charge in [-0.05, 0) is 12.8 Å². The number of thiazole rings is 1. The third-order valence-corrected chi connectivity index (χ3v) is 4.01. The Morgan fingerprint density at radius 2 is 2.64 bits per heavy atom. The van der Waals surface area contributed by atoms with Crippen molar-refractivity contribution < 1.29 is 0 Å². The van der Waals surface area contributed by atoms with Crippen LogP contribution in [0.5, 0.6) is 0 Å². The van der Waals surface area contributed by atoms with E-state index in [4.69, 9.17) is 5.26 Å².